The molecule has 1 aliphatic heterocycles. The molecule has 0 aromatic heterocycles. The molecule has 0 spiro atoms. The maximum atomic E-state index is 6.11. The number of hydrogen-bond donors (Lipinski definition) is 1. The van der Waals surface area contributed by atoms with Crippen LogP contribution in [0.25, 0.3) is 0 Å². The fourth-order valence-corrected chi connectivity index (χ4v) is 3.84. The standard InChI is InChI=1S/C18H19BrClN/c1-12-10-15(20)6-7-16(12)17-8-9-21-11-18(17)13-2-4-14(19)5-3-13/h2-7,10,17-18,21H,8-9,11H2,1H3. The molecule has 21 heavy (non-hydrogen) atoms. The van der Waals surface area contributed by atoms with Crippen molar-refractivity contribution >= 4 is 27.5 Å². The Hall–Kier alpha value is -0.830. The third-order valence-electron chi connectivity index (χ3n) is 4.41. The lowest BCUT2D eigenvalue weighted by Gasteiger charge is -2.34. The Morgan fingerprint density at radius 3 is 2.57 bits per heavy atom. The highest BCUT2D eigenvalue weighted by molar-refractivity contribution is 9.10. The van der Waals surface area contributed by atoms with Gasteiger partial charge in [-0.3, -0.25) is 0 Å². The van der Waals surface area contributed by atoms with E-state index in [4.69, 9.17) is 11.6 Å². The van der Waals surface area contributed by atoms with Gasteiger partial charge in [0.2, 0.25) is 0 Å². The average molecular weight is 365 g/mol. The van der Waals surface area contributed by atoms with Gasteiger partial charge in [-0.05, 0) is 66.8 Å². The van der Waals surface area contributed by atoms with Gasteiger partial charge in [0, 0.05) is 22.0 Å². The molecule has 1 N–H and O–H groups in total. The zero-order valence-electron chi connectivity index (χ0n) is 12.1. The van der Waals surface area contributed by atoms with Crippen molar-refractivity contribution in [2.45, 2.75) is 25.2 Å². The minimum atomic E-state index is 0.520. The first-order chi connectivity index (χ1) is 10.1. The first-order valence-electron chi connectivity index (χ1n) is 7.37. The molecule has 2 unspecified atom stereocenters. The lowest BCUT2D eigenvalue weighted by molar-refractivity contribution is 0.403. The van der Waals surface area contributed by atoms with Gasteiger partial charge >= 0.3 is 0 Å². The third-order valence-corrected chi connectivity index (χ3v) is 5.18. The Bertz CT molecular complexity index is 624. The zero-order chi connectivity index (χ0) is 14.8. The van der Waals surface area contributed by atoms with E-state index in [9.17, 15) is 0 Å². The van der Waals surface area contributed by atoms with Gasteiger partial charge in [0.15, 0.2) is 0 Å². The second-order valence-corrected chi connectivity index (χ2v) is 7.11. The maximum Gasteiger partial charge on any atom is 0.0408 e. The summed E-state index contributed by atoms with van der Waals surface area (Å²) in [6, 6.07) is 15.0. The molecule has 3 heteroatoms. The molecule has 110 valence electrons. The van der Waals surface area contributed by atoms with Crippen LogP contribution in [0.15, 0.2) is 46.9 Å². The second-order valence-electron chi connectivity index (χ2n) is 5.76. The van der Waals surface area contributed by atoms with Crippen LogP contribution < -0.4 is 5.32 Å². The molecule has 1 saturated heterocycles. The number of piperidine rings is 1. The predicted molar refractivity (Wildman–Crippen MR) is 93.3 cm³/mol. The largest absolute Gasteiger partial charge is 0.316 e. The van der Waals surface area contributed by atoms with Crippen molar-refractivity contribution in [3.63, 3.8) is 0 Å². The highest BCUT2D eigenvalue weighted by atomic mass is 79.9. The van der Waals surface area contributed by atoms with Crippen LogP contribution in [0.4, 0.5) is 0 Å². The normalized spacial score (nSPS) is 22.2. The Balaban J connectivity index is 1.96. The van der Waals surface area contributed by atoms with Crippen molar-refractivity contribution in [1.29, 1.82) is 0 Å². The molecule has 0 saturated carbocycles. The first kappa shape index (κ1) is 15.1. The summed E-state index contributed by atoms with van der Waals surface area (Å²) in [6.07, 6.45) is 1.17. The van der Waals surface area contributed by atoms with Crippen molar-refractivity contribution in [2.24, 2.45) is 0 Å². The number of halogens is 2. The highest BCUT2D eigenvalue weighted by Crippen LogP contribution is 2.39. The molecular formula is C18H19BrClN. The molecule has 2 aromatic carbocycles. The Kier molecular flexibility index (Phi) is 4.68. The Morgan fingerprint density at radius 2 is 1.86 bits per heavy atom. The molecule has 2 atom stereocenters. The van der Waals surface area contributed by atoms with Crippen molar-refractivity contribution in [3.05, 3.63) is 68.7 Å². The molecule has 0 radical (unpaired) electrons. The number of aryl methyl sites for hydroxylation is 1. The van der Waals surface area contributed by atoms with Gasteiger partial charge in [0.05, 0.1) is 0 Å². The van der Waals surface area contributed by atoms with E-state index in [1.165, 1.54) is 23.1 Å². The van der Waals surface area contributed by atoms with E-state index in [1.54, 1.807) is 0 Å². The van der Waals surface area contributed by atoms with E-state index in [-0.39, 0.29) is 0 Å². The van der Waals surface area contributed by atoms with Crippen LogP contribution in [0.2, 0.25) is 5.02 Å². The molecular weight excluding hydrogens is 346 g/mol. The van der Waals surface area contributed by atoms with Crippen molar-refractivity contribution < 1.29 is 0 Å². The number of rotatable bonds is 2. The third kappa shape index (κ3) is 3.33. The van der Waals surface area contributed by atoms with Crippen LogP contribution in [-0.4, -0.2) is 13.1 Å². The molecule has 0 amide bonds. The van der Waals surface area contributed by atoms with Crippen LogP contribution in [0.5, 0.6) is 0 Å². The van der Waals surface area contributed by atoms with Gasteiger partial charge in [-0.15, -0.1) is 0 Å². The SMILES string of the molecule is Cc1cc(Cl)ccc1C1CCNCC1c1ccc(Br)cc1. The summed E-state index contributed by atoms with van der Waals surface area (Å²) in [5.41, 5.74) is 4.15. The van der Waals surface area contributed by atoms with Crippen molar-refractivity contribution in [3.8, 4) is 0 Å². The molecule has 2 aromatic rings. The van der Waals surface area contributed by atoms with E-state index in [0.717, 1.165) is 22.6 Å². The van der Waals surface area contributed by atoms with Crippen LogP contribution in [-0.2, 0) is 0 Å². The van der Waals surface area contributed by atoms with Crippen LogP contribution in [0, 0.1) is 6.92 Å². The summed E-state index contributed by atoms with van der Waals surface area (Å²) in [7, 11) is 0. The molecule has 1 aliphatic rings. The quantitative estimate of drug-likeness (QED) is 0.765. The van der Waals surface area contributed by atoms with Gasteiger partial charge in [-0.1, -0.05) is 45.7 Å². The lowest BCUT2D eigenvalue weighted by Crippen LogP contribution is -2.34. The summed E-state index contributed by atoms with van der Waals surface area (Å²) in [5, 5.41) is 4.37. The predicted octanol–water partition coefficient (Wildman–Crippen LogP) is 5.27. The first-order valence-corrected chi connectivity index (χ1v) is 8.54. The molecule has 0 bridgehead atoms. The smallest absolute Gasteiger partial charge is 0.0408 e. The summed E-state index contributed by atoms with van der Waals surface area (Å²) in [5.74, 6) is 1.08. The van der Waals surface area contributed by atoms with Crippen molar-refractivity contribution in [1.82, 2.24) is 5.32 Å². The van der Waals surface area contributed by atoms with E-state index in [2.05, 4.69) is 64.6 Å². The molecule has 1 nitrogen and oxygen atoms in total. The van der Waals surface area contributed by atoms with Gasteiger partial charge in [0.1, 0.15) is 0 Å². The van der Waals surface area contributed by atoms with Crippen LogP contribution in [0.1, 0.15) is 34.9 Å². The molecule has 3 rings (SSSR count). The van der Waals surface area contributed by atoms with Gasteiger partial charge in [0.25, 0.3) is 0 Å². The van der Waals surface area contributed by atoms with E-state index in [1.807, 2.05) is 6.07 Å². The monoisotopic (exact) mass is 363 g/mol. The van der Waals surface area contributed by atoms with Crippen molar-refractivity contribution in [2.75, 3.05) is 13.1 Å². The summed E-state index contributed by atoms with van der Waals surface area (Å²) >= 11 is 9.63. The van der Waals surface area contributed by atoms with Crippen LogP contribution in [0.3, 0.4) is 0 Å². The molecule has 1 fully saturated rings. The van der Waals surface area contributed by atoms with E-state index in [0.29, 0.717) is 11.8 Å². The Labute approximate surface area is 139 Å². The Morgan fingerprint density at radius 1 is 1.10 bits per heavy atom. The van der Waals surface area contributed by atoms with E-state index >= 15 is 0 Å². The summed E-state index contributed by atoms with van der Waals surface area (Å²) < 4.78 is 1.13. The minimum Gasteiger partial charge on any atom is -0.316 e. The lowest BCUT2D eigenvalue weighted by atomic mass is 9.76. The van der Waals surface area contributed by atoms with Crippen LogP contribution >= 0.6 is 27.5 Å². The topological polar surface area (TPSA) is 12.0 Å². The highest BCUT2D eigenvalue weighted by Gasteiger charge is 2.28. The maximum absolute atomic E-state index is 6.11. The zero-order valence-corrected chi connectivity index (χ0v) is 14.4. The van der Waals surface area contributed by atoms with Gasteiger partial charge in [-0.25, -0.2) is 0 Å². The summed E-state index contributed by atoms with van der Waals surface area (Å²) in [6.45, 7) is 4.29. The second kappa shape index (κ2) is 6.51. The number of hydrogen-bond acceptors (Lipinski definition) is 1. The van der Waals surface area contributed by atoms with E-state index < -0.39 is 0 Å². The van der Waals surface area contributed by atoms with Gasteiger partial charge < -0.3 is 5.32 Å². The average Bonchev–Trinajstić information content (AvgIpc) is 2.48. The summed E-state index contributed by atoms with van der Waals surface area (Å²) in [4.78, 5) is 0. The fraction of sp³-hybridized carbons (Fsp3) is 0.333. The number of benzene rings is 2. The molecule has 1 heterocycles. The fourth-order valence-electron chi connectivity index (χ4n) is 3.35. The number of nitrogens with one attached hydrogen (secondary N) is 1. The molecule has 0 aliphatic carbocycles. The van der Waals surface area contributed by atoms with Gasteiger partial charge in [-0.2, -0.15) is 0 Å². The minimum absolute atomic E-state index is 0.520.